The number of para-hydroxylation sites is 1. The van der Waals surface area contributed by atoms with E-state index in [0.717, 1.165) is 21.5 Å². The molecule has 0 saturated carbocycles. The second-order valence-corrected chi connectivity index (χ2v) is 7.92. The first-order valence-electron chi connectivity index (χ1n) is 9.59. The van der Waals surface area contributed by atoms with E-state index < -0.39 is 0 Å². The molecule has 1 amide bonds. The number of carbonyl (C=O) groups is 1. The quantitative estimate of drug-likeness (QED) is 0.480. The van der Waals surface area contributed by atoms with Gasteiger partial charge in [0.1, 0.15) is 4.83 Å². The van der Waals surface area contributed by atoms with Crippen molar-refractivity contribution >= 4 is 27.5 Å². The summed E-state index contributed by atoms with van der Waals surface area (Å²) in [6.07, 6.45) is 0. The minimum atomic E-state index is -0.119. The van der Waals surface area contributed by atoms with Crippen molar-refractivity contribution < 1.29 is 14.3 Å². The van der Waals surface area contributed by atoms with Crippen molar-refractivity contribution in [2.45, 2.75) is 20.0 Å². The van der Waals surface area contributed by atoms with E-state index in [1.165, 1.54) is 16.9 Å². The van der Waals surface area contributed by atoms with Crippen LogP contribution in [0, 0.1) is 6.92 Å². The Labute approximate surface area is 179 Å². The van der Waals surface area contributed by atoms with E-state index in [-0.39, 0.29) is 5.91 Å². The Kier molecular flexibility index (Phi) is 5.72. The Bertz CT molecular complexity index is 1180. The zero-order chi connectivity index (χ0) is 21.1. The van der Waals surface area contributed by atoms with Crippen LogP contribution in [0.3, 0.4) is 0 Å². The van der Waals surface area contributed by atoms with Gasteiger partial charge in [0.2, 0.25) is 0 Å². The number of nitrogens with one attached hydrogen (secondary N) is 1. The number of amides is 1. The first-order chi connectivity index (χ1) is 14.6. The van der Waals surface area contributed by atoms with Gasteiger partial charge in [-0.25, -0.2) is 0 Å². The van der Waals surface area contributed by atoms with Gasteiger partial charge in [0.15, 0.2) is 11.5 Å². The van der Waals surface area contributed by atoms with Crippen LogP contribution < -0.4 is 14.8 Å². The first kappa shape index (κ1) is 20.0. The van der Waals surface area contributed by atoms with Crippen LogP contribution in [0.4, 0.5) is 0 Å². The molecule has 7 heteroatoms. The fourth-order valence-corrected chi connectivity index (χ4v) is 4.52. The Morgan fingerprint density at radius 3 is 2.63 bits per heavy atom. The van der Waals surface area contributed by atoms with Crippen LogP contribution in [0.5, 0.6) is 11.5 Å². The van der Waals surface area contributed by atoms with Gasteiger partial charge in [0, 0.05) is 17.5 Å². The molecule has 0 saturated heterocycles. The number of thiophene rings is 1. The average Bonchev–Trinajstić information content (AvgIpc) is 3.33. The van der Waals surface area contributed by atoms with Crippen LogP contribution >= 0.6 is 11.3 Å². The predicted octanol–water partition coefficient (Wildman–Crippen LogP) is 4.40. The lowest BCUT2D eigenvalue weighted by molar-refractivity contribution is 0.0954. The maximum absolute atomic E-state index is 12.8. The molecule has 6 nitrogen and oxygen atoms in total. The molecule has 2 aromatic heterocycles. The van der Waals surface area contributed by atoms with Crippen molar-refractivity contribution in [1.82, 2.24) is 15.1 Å². The lowest BCUT2D eigenvalue weighted by atomic mass is 10.2. The molecule has 0 fully saturated rings. The van der Waals surface area contributed by atoms with Crippen LogP contribution in [0.2, 0.25) is 0 Å². The summed E-state index contributed by atoms with van der Waals surface area (Å²) in [7, 11) is 3.19. The van der Waals surface area contributed by atoms with Crippen LogP contribution in [0.25, 0.3) is 10.2 Å². The van der Waals surface area contributed by atoms with Crippen LogP contribution in [-0.4, -0.2) is 29.9 Å². The molecule has 0 aliphatic rings. The summed E-state index contributed by atoms with van der Waals surface area (Å²) in [5.41, 5.74) is 2.95. The van der Waals surface area contributed by atoms with E-state index in [1.54, 1.807) is 14.2 Å². The molecule has 4 aromatic rings. The highest BCUT2D eigenvalue weighted by Gasteiger charge is 2.17. The highest BCUT2D eigenvalue weighted by molar-refractivity contribution is 7.20. The Morgan fingerprint density at radius 2 is 1.90 bits per heavy atom. The van der Waals surface area contributed by atoms with Gasteiger partial charge < -0.3 is 14.8 Å². The summed E-state index contributed by atoms with van der Waals surface area (Å²) in [5.74, 6) is 1.15. The molecular formula is C23H23N3O3S. The molecule has 154 valence electrons. The number of carbonyl (C=O) groups excluding carboxylic acids is 1. The van der Waals surface area contributed by atoms with Crippen molar-refractivity contribution in [2.24, 2.45) is 0 Å². The molecule has 2 aromatic carbocycles. The van der Waals surface area contributed by atoms with Gasteiger partial charge in [-0.1, -0.05) is 42.5 Å². The van der Waals surface area contributed by atoms with Gasteiger partial charge >= 0.3 is 0 Å². The number of methoxy groups -OCH3 is 2. The Morgan fingerprint density at radius 1 is 1.10 bits per heavy atom. The maximum atomic E-state index is 12.8. The van der Waals surface area contributed by atoms with Gasteiger partial charge in [-0.2, -0.15) is 5.10 Å². The molecule has 0 radical (unpaired) electrons. The van der Waals surface area contributed by atoms with Crippen molar-refractivity contribution in [1.29, 1.82) is 0 Å². The third kappa shape index (κ3) is 3.89. The van der Waals surface area contributed by atoms with E-state index in [2.05, 4.69) is 22.5 Å². The van der Waals surface area contributed by atoms with Crippen molar-refractivity contribution in [2.75, 3.05) is 14.2 Å². The predicted molar refractivity (Wildman–Crippen MR) is 119 cm³/mol. The van der Waals surface area contributed by atoms with E-state index in [1.807, 2.05) is 54.1 Å². The minimum Gasteiger partial charge on any atom is -0.493 e. The minimum absolute atomic E-state index is 0.119. The highest BCUT2D eigenvalue weighted by atomic mass is 32.1. The summed E-state index contributed by atoms with van der Waals surface area (Å²) in [4.78, 5) is 14.5. The average molecular weight is 422 g/mol. The molecule has 0 unspecified atom stereocenters. The third-order valence-electron chi connectivity index (χ3n) is 4.93. The third-order valence-corrected chi connectivity index (χ3v) is 6.08. The second kappa shape index (κ2) is 8.59. The summed E-state index contributed by atoms with van der Waals surface area (Å²) >= 11 is 1.46. The van der Waals surface area contributed by atoms with Gasteiger partial charge in [-0.15, -0.1) is 11.3 Å². The molecule has 2 heterocycles. The molecule has 0 aliphatic carbocycles. The monoisotopic (exact) mass is 421 g/mol. The Balaban J connectivity index is 1.54. The van der Waals surface area contributed by atoms with Crippen molar-refractivity contribution in [3.63, 3.8) is 0 Å². The lowest BCUT2D eigenvalue weighted by Crippen LogP contribution is -2.22. The molecule has 0 bridgehead atoms. The number of fused-ring (bicyclic) bond motifs is 1. The number of hydrogen-bond donors (Lipinski definition) is 1. The standard InChI is InChI=1S/C23H23N3O3S/c1-15-18-12-20(30-23(18)26(25-15)14-16-8-5-4-6-9-16)22(27)24-13-17-10-7-11-19(28-2)21(17)29-3/h4-12H,13-14H2,1-3H3,(H,24,27). The first-order valence-corrected chi connectivity index (χ1v) is 10.4. The van der Waals surface area contributed by atoms with Crippen LogP contribution in [0.1, 0.15) is 26.5 Å². The van der Waals surface area contributed by atoms with Gasteiger partial charge in [0.05, 0.1) is 31.3 Å². The second-order valence-electron chi connectivity index (χ2n) is 6.89. The van der Waals surface area contributed by atoms with Gasteiger partial charge in [0.25, 0.3) is 5.91 Å². The smallest absolute Gasteiger partial charge is 0.261 e. The summed E-state index contributed by atoms with van der Waals surface area (Å²) < 4.78 is 12.7. The van der Waals surface area contributed by atoms with Crippen molar-refractivity contribution in [3.05, 3.63) is 76.3 Å². The lowest BCUT2D eigenvalue weighted by Gasteiger charge is -2.12. The number of ether oxygens (including phenoxy) is 2. The van der Waals surface area contributed by atoms with Gasteiger partial charge in [-0.3, -0.25) is 9.48 Å². The van der Waals surface area contributed by atoms with E-state index in [9.17, 15) is 4.79 Å². The largest absolute Gasteiger partial charge is 0.493 e. The fourth-order valence-electron chi connectivity index (χ4n) is 3.44. The molecule has 0 aliphatic heterocycles. The van der Waals surface area contributed by atoms with Crippen LogP contribution in [0.15, 0.2) is 54.6 Å². The normalized spacial score (nSPS) is 10.9. The molecule has 30 heavy (non-hydrogen) atoms. The maximum Gasteiger partial charge on any atom is 0.261 e. The number of hydrogen-bond acceptors (Lipinski definition) is 5. The summed E-state index contributed by atoms with van der Waals surface area (Å²) in [5, 5.41) is 8.65. The van der Waals surface area contributed by atoms with E-state index in [0.29, 0.717) is 29.5 Å². The van der Waals surface area contributed by atoms with Crippen LogP contribution in [-0.2, 0) is 13.1 Å². The van der Waals surface area contributed by atoms with Crippen molar-refractivity contribution in [3.8, 4) is 11.5 Å². The summed E-state index contributed by atoms with van der Waals surface area (Å²) in [6, 6.07) is 17.7. The molecule has 0 spiro atoms. The zero-order valence-corrected chi connectivity index (χ0v) is 18.0. The van der Waals surface area contributed by atoms with Gasteiger partial charge in [-0.05, 0) is 24.6 Å². The molecule has 1 N–H and O–H groups in total. The number of aryl methyl sites for hydroxylation is 1. The topological polar surface area (TPSA) is 65.4 Å². The molecular weight excluding hydrogens is 398 g/mol. The molecule has 0 atom stereocenters. The number of nitrogens with zero attached hydrogens (tertiary/aromatic N) is 2. The van der Waals surface area contributed by atoms with E-state index >= 15 is 0 Å². The molecule has 4 rings (SSSR count). The fraction of sp³-hybridized carbons (Fsp3) is 0.217. The SMILES string of the molecule is COc1cccc(CNC(=O)c2cc3c(C)nn(Cc4ccccc4)c3s2)c1OC. The number of rotatable bonds is 7. The highest BCUT2D eigenvalue weighted by Crippen LogP contribution is 2.31. The number of benzene rings is 2. The zero-order valence-electron chi connectivity index (χ0n) is 17.1. The summed E-state index contributed by atoms with van der Waals surface area (Å²) in [6.45, 7) is 3.00. The van der Waals surface area contributed by atoms with E-state index in [4.69, 9.17) is 9.47 Å². The number of aromatic nitrogens is 2. The Hall–Kier alpha value is -3.32.